The number of hydrogen-bond acceptors (Lipinski definition) is 3. The monoisotopic (exact) mass is 233 g/mol. The Bertz CT molecular complexity index is 459. The second kappa shape index (κ2) is 4.94. The van der Waals surface area contributed by atoms with E-state index in [0.29, 0.717) is 11.0 Å². The van der Waals surface area contributed by atoms with Crippen molar-refractivity contribution in [3.8, 4) is 0 Å². The number of anilines is 1. The van der Waals surface area contributed by atoms with E-state index in [1.54, 1.807) is 12.4 Å². The first-order valence-electron chi connectivity index (χ1n) is 4.99. The number of benzene rings is 1. The molecule has 0 aliphatic rings. The van der Waals surface area contributed by atoms with Crippen LogP contribution in [-0.4, -0.2) is 17.0 Å². The molecule has 2 aromatic rings. The van der Waals surface area contributed by atoms with Gasteiger partial charge in [0.25, 0.3) is 0 Å². The van der Waals surface area contributed by atoms with Crippen molar-refractivity contribution >= 4 is 17.4 Å². The van der Waals surface area contributed by atoms with E-state index in [2.05, 4.69) is 22.1 Å². The first-order valence-corrected chi connectivity index (χ1v) is 5.37. The van der Waals surface area contributed by atoms with E-state index in [9.17, 15) is 0 Å². The number of nitrogens with zero attached hydrogens (tertiary/aromatic N) is 3. The van der Waals surface area contributed by atoms with Crippen LogP contribution in [0.5, 0.6) is 0 Å². The molecule has 3 nitrogen and oxygen atoms in total. The van der Waals surface area contributed by atoms with Gasteiger partial charge in [0.1, 0.15) is 0 Å². The Kier molecular flexibility index (Phi) is 3.37. The van der Waals surface area contributed by atoms with Crippen molar-refractivity contribution in [3.63, 3.8) is 0 Å². The molecular weight excluding hydrogens is 222 g/mol. The average Bonchev–Trinajstić information content (AvgIpc) is 2.31. The fourth-order valence-electron chi connectivity index (χ4n) is 1.50. The summed E-state index contributed by atoms with van der Waals surface area (Å²) >= 11 is 5.97. The van der Waals surface area contributed by atoms with Crippen molar-refractivity contribution in [2.45, 2.75) is 6.54 Å². The van der Waals surface area contributed by atoms with Crippen LogP contribution in [0.1, 0.15) is 5.56 Å². The van der Waals surface area contributed by atoms with E-state index in [0.717, 1.165) is 6.54 Å². The van der Waals surface area contributed by atoms with E-state index >= 15 is 0 Å². The molecule has 0 aliphatic carbocycles. The van der Waals surface area contributed by atoms with E-state index in [1.807, 2.05) is 30.1 Å². The molecule has 0 bridgehead atoms. The minimum atomic E-state index is 0.431. The van der Waals surface area contributed by atoms with Crippen LogP contribution >= 0.6 is 11.6 Å². The molecule has 0 radical (unpaired) electrons. The highest BCUT2D eigenvalue weighted by molar-refractivity contribution is 6.31. The number of hydrogen-bond donors (Lipinski definition) is 0. The maximum Gasteiger partial charge on any atom is 0.171 e. The summed E-state index contributed by atoms with van der Waals surface area (Å²) in [7, 11) is 1.95. The van der Waals surface area contributed by atoms with Gasteiger partial charge in [-0.15, -0.1) is 0 Å². The fraction of sp³-hybridized carbons (Fsp3) is 0.167. The Morgan fingerprint density at radius 2 is 1.81 bits per heavy atom. The molecule has 4 heteroatoms. The molecule has 0 unspecified atom stereocenters. The molecule has 0 saturated carbocycles. The van der Waals surface area contributed by atoms with E-state index in [1.165, 1.54) is 5.56 Å². The molecule has 0 N–H and O–H groups in total. The zero-order valence-electron chi connectivity index (χ0n) is 8.97. The molecule has 1 aromatic carbocycles. The third-order valence-electron chi connectivity index (χ3n) is 2.26. The summed E-state index contributed by atoms with van der Waals surface area (Å²) in [6.45, 7) is 0.763. The van der Waals surface area contributed by atoms with Gasteiger partial charge in [-0.2, -0.15) is 0 Å². The smallest absolute Gasteiger partial charge is 0.171 e. The lowest BCUT2D eigenvalue weighted by Gasteiger charge is -2.18. The predicted molar refractivity (Wildman–Crippen MR) is 65.6 cm³/mol. The Balaban J connectivity index is 2.15. The molecule has 82 valence electrons. The van der Waals surface area contributed by atoms with Crippen LogP contribution < -0.4 is 4.90 Å². The van der Waals surface area contributed by atoms with Gasteiger partial charge in [-0.1, -0.05) is 41.9 Å². The SMILES string of the molecule is CN(Cc1ccccc1)c1nccnc1Cl. The maximum absolute atomic E-state index is 5.97. The normalized spacial score (nSPS) is 10.1. The van der Waals surface area contributed by atoms with Crippen molar-refractivity contribution in [2.24, 2.45) is 0 Å². The minimum absolute atomic E-state index is 0.431. The van der Waals surface area contributed by atoms with Crippen molar-refractivity contribution in [1.82, 2.24) is 9.97 Å². The van der Waals surface area contributed by atoms with Gasteiger partial charge >= 0.3 is 0 Å². The molecule has 0 aliphatic heterocycles. The summed E-state index contributed by atoms with van der Waals surface area (Å²) in [6, 6.07) is 10.2. The van der Waals surface area contributed by atoms with Crippen LogP contribution in [0.25, 0.3) is 0 Å². The van der Waals surface area contributed by atoms with Gasteiger partial charge in [-0.3, -0.25) is 0 Å². The van der Waals surface area contributed by atoms with E-state index in [4.69, 9.17) is 11.6 Å². The molecule has 0 atom stereocenters. The largest absolute Gasteiger partial charge is 0.353 e. The number of halogens is 1. The lowest BCUT2D eigenvalue weighted by Crippen LogP contribution is -2.18. The zero-order chi connectivity index (χ0) is 11.4. The van der Waals surface area contributed by atoms with Crippen LogP contribution in [0.2, 0.25) is 5.15 Å². The summed E-state index contributed by atoms with van der Waals surface area (Å²) in [6.07, 6.45) is 3.23. The number of rotatable bonds is 3. The molecule has 0 fully saturated rings. The fourth-order valence-corrected chi connectivity index (χ4v) is 1.75. The standard InChI is InChI=1S/C12H12ClN3/c1-16(9-10-5-3-2-4-6-10)12-11(13)14-7-8-15-12/h2-8H,9H2,1H3. The third kappa shape index (κ3) is 2.49. The van der Waals surface area contributed by atoms with E-state index < -0.39 is 0 Å². The van der Waals surface area contributed by atoms with Crippen LogP contribution in [0, 0.1) is 0 Å². The van der Waals surface area contributed by atoms with Crippen LogP contribution in [0.4, 0.5) is 5.82 Å². The highest BCUT2D eigenvalue weighted by Crippen LogP contribution is 2.19. The molecule has 0 saturated heterocycles. The Hall–Kier alpha value is -1.61. The van der Waals surface area contributed by atoms with Crippen LogP contribution in [-0.2, 0) is 6.54 Å². The number of aromatic nitrogens is 2. The minimum Gasteiger partial charge on any atom is -0.353 e. The Labute approximate surface area is 99.7 Å². The first kappa shape index (κ1) is 10.9. The Morgan fingerprint density at radius 1 is 1.12 bits per heavy atom. The first-order chi connectivity index (χ1) is 7.77. The molecular formula is C12H12ClN3. The van der Waals surface area contributed by atoms with Crippen LogP contribution in [0.3, 0.4) is 0 Å². The molecule has 1 aromatic heterocycles. The molecule has 2 rings (SSSR count). The van der Waals surface area contributed by atoms with Gasteiger partial charge in [0.2, 0.25) is 0 Å². The van der Waals surface area contributed by atoms with Crippen molar-refractivity contribution in [1.29, 1.82) is 0 Å². The average molecular weight is 234 g/mol. The summed E-state index contributed by atoms with van der Waals surface area (Å²) in [4.78, 5) is 10.2. The highest BCUT2D eigenvalue weighted by Gasteiger charge is 2.07. The van der Waals surface area contributed by atoms with Crippen molar-refractivity contribution in [2.75, 3.05) is 11.9 Å². The van der Waals surface area contributed by atoms with Gasteiger partial charge in [-0.25, -0.2) is 9.97 Å². The van der Waals surface area contributed by atoms with Gasteiger partial charge < -0.3 is 4.90 Å². The van der Waals surface area contributed by atoms with Crippen LogP contribution in [0.15, 0.2) is 42.7 Å². The topological polar surface area (TPSA) is 29.0 Å². The lowest BCUT2D eigenvalue weighted by molar-refractivity contribution is 0.890. The van der Waals surface area contributed by atoms with Gasteiger partial charge in [0.15, 0.2) is 11.0 Å². The van der Waals surface area contributed by atoms with Crippen molar-refractivity contribution < 1.29 is 0 Å². The second-order valence-corrected chi connectivity index (χ2v) is 3.87. The summed E-state index contributed by atoms with van der Waals surface area (Å²) in [5.41, 5.74) is 1.21. The van der Waals surface area contributed by atoms with E-state index in [-0.39, 0.29) is 0 Å². The molecule has 0 amide bonds. The molecule has 1 heterocycles. The third-order valence-corrected chi connectivity index (χ3v) is 2.53. The summed E-state index contributed by atoms with van der Waals surface area (Å²) in [5.74, 6) is 0.702. The molecule has 0 spiro atoms. The molecule has 16 heavy (non-hydrogen) atoms. The van der Waals surface area contributed by atoms with Gasteiger partial charge in [-0.05, 0) is 5.56 Å². The lowest BCUT2D eigenvalue weighted by atomic mass is 10.2. The maximum atomic E-state index is 5.97. The Morgan fingerprint density at radius 3 is 2.50 bits per heavy atom. The predicted octanol–water partition coefficient (Wildman–Crippen LogP) is 2.77. The summed E-state index contributed by atoms with van der Waals surface area (Å²) < 4.78 is 0. The summed E-state index contributed by atoms with van der Waals surface area (Å²) in [5, 5.41) is 0.431. The van der Waals surface area contributed by atoms with Gasteiger partial charge in [0.05, 0.1) is 0 Å². The van der Waals surface area contributed by atoms with Crippen molar-refractivity contribution in [3.05, 3.63) is 53.4 Å². The van der Waals surface area contributed by atoms with Gasteiger partial charge in [0, 0.05) is 26.0 Å². The zero-order valence-corrected chi connectivity index (χ0v) is 9.72. The second-order valence-electron chi connectivity index (χ2n) is 3.51. The quantitative estimate of drug-likeness (QED) is 0.816. The highest BCUT2D eigenvalue weighted by atomic mass is 35.5.